The molecule has 1 unspecified atom stereocenters. The van der Waals surface area contributed by atoms with Crippen LogP contribution in [0.25, 0.3) is 5.69 Å². The molecule has 1 atom stereocenters. The lowest BCUT2D eigenvalue weighted by molar-refractivity contribution is -0.133. The van der Waals surface area contributed by atoms with Crippen LogP contribution < -0.4 is 5.32 Å². The van der Waals surface area contributed by atoms with Gasteiger partial charge in [-0.05, 0) is 44.0 Å². The standard InChI is InChI=1S/C25H29FN4O2/c1-16(2)23(27-24(31)20-13-9-10-14-22(20)26)25(32)29(5)15-21-17(3)28-30(18(21)4)19-11-7-6-8-12-19/h6-14,16,23H,15H2,1-5H3,(H,27,31). The maximum atomic E-state index is 14.0. The third-order valence-corrected chi connectivity index (χ3v) is 5.55. The number of nitrogens with zero attached hydrogens (tertiary/aromatic N) is 3. The Morgan fingerprint density at radius 3 is 2.31 bits per heavy atom. The number of carbonyl (C=O) groups is 2. The highest BCUT2D eigenvalue weighted by Crippen LogP contribution is 2.20. The molecule has 6 nitrogen and oxygen atoms in total. The zero-order valence-corrected chi connectivity index (χ0v) is 19.1. The Kier molecular flexibility index (Phi) is 7.08. The van der Waals surface area contributed by atoms with E-state index in [9.17, 15) is 14.0 Å². The van der Waals surface area contributed by atoms with Crippen molar-refractivity contribution < 1.29 is 14.0 Å². The van der Waals surface area contributed by atoms with Crippen molar-refractivity contribution >= 4 is 11.8 Å². The Morgan fingerprint density at radius 1 is 1.06 bits per heavy atom. The van der Waals surface area contributed by atoms with Gasteiger partial charge in [-0.25, -0.2) is 9.07 Å². The SMILES string of the molecule is Cc1nn(-c2ccccc2)c(C)c1CN(C)C(=O)C(NC(=O)c1ccccc1F)C(C)C. The van der Waals surface area contributed by atoms with Crippen LogP contribution in [0.1, 0.15) is 41.2 Å². The van der Waals surface area contributed by atoms with Crippen LogP contribution in [-0.4, -0.2) is 39.6 Å². The Labute approximate surface area is 188 Å². The molecule has 1 N–H and O–H groups in total. The normalized spacial score (nSPS) is 12.0. The molecule has 0 aliphatic heterocycles. The number of likely N-dealkylation sites (N-methyl/N-ethyl adjacent to an activating group) is 1. The third kappa shape index (κ3) is 4.88. The highest BCUT2D eigenvalue weighted by atomic mass is 19.1. The maximum Gasteiger partial charge on any atom is 0.254 e. The van der Waals surface area contributed by atoms with Gasteiger partial charge in [0.15, 0.2) is 0 Å². The zero-order valence-electron chi connectivity index (χ0n) is 19.1. The quantitative estimate of drug-likeness (QED) is 0.608. The zero-order chi connectivity index (χ0) is 23.4. The van der Waals surface area contributed by atoms with Crippen LogP contribution in [0.4, 0.5) is 4.39 Å². The van der Waals surface area contributed by atoms with Crippen molar-refractivity contribution in [2.45, 2.75) is 40.3 Å². The molecule has 0 aliphatic rings. The van der Waals surface area contributed by atoms with Crippen molar-refractivity contribution in [3.05, 3.63) is 82.9 Å². The van der Waals surface area contributed by atoms with E-state index in [4.69, 9.17) is 0 Å². The molecule has 0 fully saturated rings. The number of carbonyl (C=O) groups excluding carboxylic acids is 2. The molecular weight excluding hydrogens is 407 g/mol. The predicted octanol–water partition coefficient (Wildman–Crippen LogP) is 4.04. The van der Waals surface area contributed by atoms with Gasteiger partial charge in [0.05, 0.1) is 16.9 Å². The molecule has 0 radical (unpaired) electrons. The average Bonchev–Trinajstić information content (AvgIpc) is 3.05. The molecular formula is C25H29FN4O2. The van der Waals surface area contributed by atoms with Gasteiger partial charge in [0.25, 0.3) is 5.91 Å². The van der Waals surface area contributed by atoms with E-state index in [1.807, 2.05) is 62.7 Å². The van der Waals surface area contributed by atoms with Gasteiger partial charge in [0.1, 0.15) is 11.9 Å². The molecule has 3 aromatic rings. The number of nitrogens with one attached hydrogen (secondary N) is 1. The average molecular weight is 437 g/mol. The highest BCUT2D eigenvalue weighted by molar-refractivity contribution is 5.97. The molecule has 3 rings (SSSR count). The number of hydrogen-bond donors (Lipinski definition) is 1. The summed E-state index contributed by atoms with van der Waals surface area (Å²) in [5.41, 5.74) is 3.61. The molecule has 2 aromatic carbocycles. The van der Waals surface area contributed by atoms with E-state index in [2.05, 4.69) is 10.4 Å². The fourth-order valence-corrected chi connectivity index (χ4v) is 3.65. The van der Waals surface area contributed by atoms with Crippen LogP contribution in [0.5, 0.6) is 0 Å². The van der Waals surface area contributed by atoms with Crippen LogP contribution in [0, 0.1) is 25.6 Å². The number of para-hydroxylation sites is 1. The van der Waals surface area contributed by atoms with Gasteiger partial charge in [0.2, 0.25) is 5.91 Å². The first-order valence-corrected chi connectivity index (χ1v) is 10.6. The number of aromatic nitrogens is 2. The molecule has 0 spiro atoms. The van der Waals surface area contributed by atoms with E-state index < -0.39 is 17.8 Å². The summed E-state index contributed by atoms with van der Waals surface area (Å²) >= 11 is 0. The minimum absolute atomic E-state index is 0.0792. The van der Waals surface area contributed by atoms with Crippen molar-refractivity contribution in [3.63, 3.8) is 0 Å². The Morgan fingerprint density at radius 2 is 1.69 bits per heavy atom. The minimum Gasteiger partial charge on any atom is -0.340 e. The molecule has 2 amide bonds. The third-order valence-electron chi connectivity index (χ3n) is 5.55. The fraction of sp³-hybridized carbons (Fsp3) is 0.320. The summed E-state index contributed by atoms with van der Waals surface area (Å²) < 4.78 is 15.9. The van der Waals surface area contributed by atoms with E-state index in [1.54, 1.807) is 18.0 Å². The number of rotatable bonds is 7. The van der Waals surface area contributed by atoms with Gasteiger partial charge in [0, 0.05) is 24.8 Å². The van der Waals surface area contributed by atoms with E-state index in [-0.39, 0.29) is 17.4 Å². The van der Waals surface area contributed by atoms with Gasteiger partial charge in [-0.2, -0.15) is 5.10 Å². The first-order chi connectivity index (χ1) is 15.2. The van der Waals surface area contributed by atoms with E-state index in [0.29, 0.717) is 6.54 Å². The molecule has 0 bridgehead atoms. The van der Waals surface area contributed by atoms with Gasteiger partial charge in [-0.15, -0.1) is 0 Å². The lowest BCUT2D eigenvalue weighted by atomic mass is 10.0. The number of amides is 2. The number of halogens is 1. The fourth-order valence-electron chi connectivity index (χ4n) is 3.65. The summed E-state index contributed by atoms with van der Waals surface area (Å²) in [4.78, 5) is 27.4. The maximum absolute atomic E-state index is 14.0. The number of aryl methyl sites for hydroxylation is 1. The first-order valence-electron chi connectivity index (χ1n) is 10.6. The summed E-state index contributed by atoms with van der Waals surface area (Å²) in [6, 6.07) is 14.8. The molecule has 1 heterocycles. The molecule has 1 aromatic heterocycles. The molecule has 32 heavy (non-hydrogen) atoms. The molecule has 168 valence electrons. The summed E-state index contributed by atoms with van der Waals surface area (Å²) in [5, 5.41) is 7.35. The second kappa shape index (κ2) is 9.77. The van der Waals surface area contributed by atoms with Crippen LogP contribution >= 0.6 is 0 Å². The molecule has 0 saturated carbocycles. The second-order valence-electron chi connectivity index (χ2n) is 8.27. The van der Waals surface area contributed by atoms with Gasteiger partial charge in [-0.1, -0.05) is 44.2 Å². The van der Waals surface area contributed by atoms with Crippen molar-refractivity contribution in [1.29, 1.82) is 0 Å². The topological polar surface area (TPSA) is 67.2 Å². The van der Waals surface area contributed by atoms with Crippen LogP contribution in [0.15, 0.2) is 54.6 Å². The van der Waals surface area contributed by atoms with Crippen LogP contribution in [-0.2, 0) is 11.3 Å². The van der Waals surface area contributed by atoms with Gasteiger partial charge in [-0.3, -0.25) is 9.59 Å². The van der Waals surface area contributed by atoms with Gasteiger partial charge < -0.3 is 10.2 Å². The van der Waals surface area contributed by atoms with E-state index in [0.717, 1.165) is 22.6 Å². The minimum atomic E-state index is -0.781. The Bertz CT molecular complexity index is 1110. The summed E-state index contributed by atoms with van der Waals surface area (Å²) in [6.07, 6.45) is 0. The van der Waals surface area contributed by atoms with Crippen molar-refractivity contribution in [1.82, 2.24) is 20.0 Å². The monoisotopic (exact) mass is 436 g/mol. The van der Waals surface area contributed by atoms with E-state index >= 15 is 0 Å². The highest BCUT2D eigenvalue weighted by Gasteiger charge is 2.29. The molecule has 7 heteroatoms. The smallest absolute Gasteiger partial charge is 0.254 e. The second-order valence-corrected chi connectivity index (χ2v) is 8.27. The summed E-state index contributed by atoms with van der Waals surface area (Å²) in [6.45, 7) is 7.94. The van der Waals surface area contributed by atoms with Crippen molar-refractivity contribution in [2.24, 2.45) is 5.92 Å². The number of benzene rings is 2. The van der Waals surface area contributed by atoms with Crippen LogP contribution in [0.2, 0.25) is 0 Å². The predicted molar refractivity (Wildman–Crippen MR) is 122 cm³/mol. The van der Waals surface area contributed by atoms with Gasteiger partial charge >= 0.3 is 0 Å². The van der Waals surface area contributed by atoms with E-state index in [1.165, 1.54) is 18.2 Å². The molecule has 0 saturated heterocycles. The Balaban J connectivity index is 1.78. The summed E-state index contributed by atoms with van der Waals surface area (Å²) in [7, 11) is 1.70. The Hall–Kier alpha value is -3.48. The van der Waals surface area contributed by atoms with Crippen LogP contribution in [0.3, 0.4) is 0 Å². The largest absolute Gasteiger partial charge is 0.340 e. The summed E-state index contributed by atoms with van der Waals surface area (Å²) in [5.74, 6) is -1.63. The first kappa shape index (κ1) is 23.2. The van der Waals surface area contributed by atoms with Crippen molar-refractivity contribution in [3.8, 4) is 5.69 Å². The molecule has 0 aliphatic carbocycles. The number of hydrogen-bond acceptors (Lipinski definition) is 3. The lowest BCUT2D eigenvalue weighted by Crippen LogP contribution is -2.50. The lowest BCUT2D eigenvalue weighted by Gasteiger charge is -2.27. The van der Waals surface area contributed by atoms with Crippen molar-refractivity contribution in [2.75, 3.05) is 7.05 Å².